The van der Waals surface area contributed by atoms with Gasteiger partial charge in [0.1, 0.15) is 11.3 Å². The van der Waals surface area contributed by atoms with E-state index in [1.807, 2.05) is 37.3 Å². The molecule has 0 saturated carbocycles. The van der Waals surface area contributed by atoms with Gasteiger partial charge in [-0.05, 0) is 38.3 Å². The van der Waals surface area contributed by atoms with Crippen molar-refractivity contribution in [1.82, 2.24) is 30.5 Å². The van der Waals surface area contributed by atoms with Crippen LogP contribution < -0.4 is 10.7 Å². The summed E-state index contributed by atoms with van der Waals surface area (Å²) in [5, 5.41) is 12.2. The van der Waals surface area contributed by atoms with Crippen LogP contribution in [0.25, 0.3) is 11.4 Å². The number of amides is 4. The topological polar surface area (TPSA) is 122 Å². The van der Waals surface area contributed by atoms with Crippen molar-refractivity contribution < 1.29 is 18.8 Å². The van der Waals surface area contributed by atoms with Crippen molar-refractivity contribution in [2.75, 3.05) is 5.75 Å². The van der Waals surface area contributed by atoms with E-state index in [9.17, 15) is 14.4 Å². The van der Waals surface area contributed by atoms with Crippen molar-refractivity contribution in [3.8, 4) is 11.4 Å². The van der Waals surface area contributed by atoms with Gasteiger partial charge in [-0.1, -0.05) is 42.1 Å². The lowest BCUT2D eigenvalue weighted by Gasteiger charge is -2.21. The highest BCUT2D eigenvalue weighted by Crippen LogP contribution is 2.26. The van der Waals surface area contributed by atoms with Crippen LogP contribution in [-0.4, -0.2) is 48.9 Å². The summed E-state index contributed by atoms with van der Waals surface area (Å²) < 4.78 is 7.06. The van der Waals surface area contributed by atoms with Crippen LogP contribution in [0.1, 0.15) is 24.7 Å². The Morgan fingerprint density at radius 1 is 1.21 bits per heavy atom. The predicted octanol–water partition coefficient (Wildman–Crippen LogP) is 2.45. The molecule has 4 amide bonds. The maximum Gasteiger partial charge on any atom is 0.344 e. The van der Waals surface area contributed by atoms with Crippen LogP contribution in [0.4, 0.5) is 4.79 Å². The summed E-state index contributed by atoms with van der Waals surface area (Å²) in [7, 11) is 1.79. The van der Waals surface area contributed by atoms with Crippen molar-refractivity contribution in [3.05, 3.63) is 54.0 Å². The average Bonchev–Trinajstić information content (AvgIpc) is 3.44. The summed E-state index contributed by atoms with van der Waals surface area (Å²) in [4.78, 5) is 37.7. The molecule has 0 aliphatic carbocycles. The second-order valence-corrected chi connectivity index (χ2v) is 8.91. The maximum atomic E-state index is 12.9. The molecular weight excluding hydrogens is 444 g/mol. The third-order valence-electron chi connectivity index (χ3n) is 5.52. The number of carbonyl (C=O) groups is 3. The Hall–Kier alpha value is -3.60. The number of aromatic nitrogens is 3. The molecule has 1 aromatic carbocycles. The molecule has 1 aliphatic heterocycles. The first-order chi connectivity index (χ1) is 15.8. The van der Waals surface area contributed by atoms with Crippen LogP contribution in [0.5, 0.6) is 0 Å². The molecule has 33 heavy (non-hydrogen) atoms. The number of aryl methyl sites for hydroxylation is 2. The van der Waals surface area contributed by atoms with Crippen LogP contribution in [0, 0.1) is 6.92 Å². The van der Waals surface area contributed by atoms with Crippen LogP contribution in [0.15, 0.2) is 52.2 Å². The average molecular weight is 469 g/mol. The number of benzene rings is 1. The summed E-state index contributed by atoms with van der Waals surface area (Å²) in [6.07, 6.45) is 2.61. The van der Waals surface area contributed by atoms with Gasteiger partial charge in [-0.3, -0.25) is 15.0 Å². The Labute approximate surface area is 194 Å². The van der Waals surface area contributed by atoms with E-state index in [2.05, 4.69) is 20.9 Å². The fraction of sp³-hybridized carbons (Fsp3) is 0.318. The highest BCUT2D eigenvalue weighted by molar-refractivity contribution is 7.99. The van der Waals surface area contributed by atoms with E-state index in [0.29, 0.717) is 29.6 Å². The molecule has 0 bridgehead atoms. The zero-order chi connectivity index (χ0) is 23.6. The Kier molecular flexibility index (Phi) is 6.23. The molecule has 1 saturated heterocycles. The van der Waals surface area contributed by atoms with E-state index in [0.717, 1.165) is 27.9 Å². The summed E-state index contributed by atoms with van der Waals surface area (Å²) in [6, 6.07) is 10.8. The second-order valence-electron chi connectivity index (χ2n) is 7.97. The lowest BCUT2D eigenvalue weighted by Crippen LogP contribution is -2.49. The van der Waals surface area contributed by atoms with Crippen LogP contribution in [-0.2, 0) is 23.1 Å². The van der Waals surface area contributed by atoms with Gasteiger partial charge < -0.3 is 14.3 Å². The van der Waals surface area contributed by atoms with Gasteiger partial charge in [0.25, 0.3) is 5.91 Å². The zero-order valence-corrected chi connectivity index (χ0v) is 19.3. The number of hydrogen-bond donors (Lipinski definition) is 2. The minimum Gasteiger partial charge on any atom is -0.469 e. The molecule has 4 rings (SSSR count). The molecule has 172 valence electrons. The first kappa shape index (κ1) is 22.6. The lowest BCUT2D eigenvalue weighted by molar-refractivity contribution is -0.138. The fourth-order valence-corrected chi connectivity index (χ4v) is 4.28. The molecular formula is C22H24N6O4S. The number of nitrogens with one attached hydrogen (secondary N) is 2. The molecule has 0 spiro atoms. The van der Waals surface area contributed by atoms with Gasteiger partial charge in [-0.2, -0.15) is 5.01 Å². The summed E-state index contributed by atoms with van der Waals surface area (Å²) in [5.41, 5.74) is 3.19. The molecule has 0 unspecified atom stereocenters. The Morgan fingerprint density at radius 3 is 2.67 bits per heavy atom. The first-order valence-electron chi connectivity index (χ1n) is 10.4. The minimum absolute atomic E-state index is 0.0475. The van der Waals surface area contributed by atoms with Gasteiger partial charge in [0.15, 0.2) is 11.0 Å². The van der Waals surface area contributed by atoms with Gasteiger partial charge in [-0.25, -0.2) is 4.79 Å². The molecule has 3 aromatic rings. The van der Waals surface area contributed by atoms with Crippen molar-refractivity contribution in [3.63, 3.8) is 0 Å². The third kappa shape index (κ3) is 4.63. The standard InChI is InChI=1S/C22H24N6O4S/c1-14-16(10-12-32-14)18-24-25-21(27(18)3)33-13-17(29)26-28-19(30)22(2,23-20(28)31)11-9-15-7-5-4-6-8-15/h4-8,10,12H,9,11,13H2,1-3H3,(H,23,31)(H,26,29)/t22-/m0/s1. The Morgan fingerprint density at radius 2 is 1.97 bits per heavy atom. The molecule has 0 radical (unpaired) electrons. The SMILES string of the molecule is Cc1occc1-c1nnc(SCC(=O)NN2C(=O)N[C@@](C)(CCc3ccccc3)C2=O)n1C. The van der Waals surface area contributed by atoms with Gasteiger partial charge in [0.2, 0.25) is 5.91 Å². The second kappa shape index (κ2) is 9.10. The fourth-order valence-electron chi connectivity index (χ4n) is 3.57. The number of hydrazine groups is 1. The molecule has 1 aliphatic rings. The Balaban J connectivity index is 1.34. The molecule has 1 fully saturated rings. The minimum atomic E-state index is -1.09. The van der Waals surface area contributed by atoms with Gasteiger partial charge >= 0.3 is 6.03 Å². The molecule has 2 aromatic heterocycles. The van der Waals surface area contributed by atoms with Gasteiger partial charge in [0.05, 0.1) is 17.6 Å². The van der Waals surface area contributed by atoms with E-state index in [1.165, 1.54) is 0 Å². The van der Waals surface area contributed by atoms with E-state index < -0.39 is 23.4 Å². The smallest absolute Gasteiger partial charge is 0.344 e. The lowest BCUT2D eigenvalue weighted by atomic mass is 9.93. The summed E-state index contributed by atoms with van der Waals surface area (Å²) >= 11 is 1.15. The van der Waals surface area contributed by atoms with Crippen molar-refractivity contribution in [1.29, 1.82) is 0 Å². The van der Waals surface area contributed by atoms with Gasteiger partial charge in [0, 0.05) is 7.05 Å². The summed E-state index contributed by atoms with van der Waals surface area (Å²) in [5.74, 6) is 0.299. The third-order valence-corrected chi connectivity index (χ3v) is 6.54. The zero-order valence-electron chi connectivity index (χ0n) is 18.5. The van der Waals surface area contributed by atoms with Gasteiger partial charge in [-0.15, -0.1) is 10.2 Å². The highest BCUT2D eigenvalue weighted by Gasteiger charge is 2.48. The number of hydrogen-bond acceptors (Lipinski definition) is 7. The number of rotatable bonds is 8. The molecule has 11 heteroatoms. The quantitative estimate of drug-likeness (QED) is 0.385. The van der Waals surface area contributed by atoms with Crippen molar-refractivity contribution in [2.24, 2.45) is 7.05 Å². The molecule has 2 N–H and O–H groups in total. The highest BCUT2D eigenvalue weighted by atomic mass is 32.2. The van der Waals surface area contributed by atoms with Crippen LogP contribution >= 0.6 is 11.8 Å². The van der Waals surface area contributed by atoms with E-state index in [4.69, 9.17) is 4.42 Å². The Bertz CT molecular complexity index is 1190. The number of furan rings is 1. The molecule has 1 atom stereocenters. The number of urea groups is 1. The monoisotopic (exact) mass is 468 g/mol. The first-order valence-corrected chi connectivity index (χ1v) is 11.3. The maximum absolute atomic E-state index is 12.9. The predicted molar refractivity (Wildman–Crippen MR) is 121 cm³/mol. The van der Waals surface area contributed by atoms with E-state index in [1.54, 1.807) is 30.9 Å². The molecule has 10 nitrogen and oxygen atoms in total. The number of thioether (sulfide) groups is 1. The number of carbonyl (C=O) groups excluding carboxylic acids is 3. The number of imide groups is 1. The normalized spacial score (nSPS) is 18.0. The van der Waals surface area contributed by atoms with E-state index in [-0.39, 0.29) is 5.75 Å². The number of nitrogens with zero attached hydrogens (tertiary/aromatic N) is 4. The largest absolute Gasteiger partial charge is 0.469 e. The summed E-state index contributed by atoms with van der Waals surface area (Å²) in [6.45, 7) is 3.49. The van der Waals surface area contributed by atoms with Crippen molar-refractivity contribution in [2.45, 2.75) is 37.4 Å². The van der Waals surface area contributed by atoms with E-state index >= 15 is 0 Å². The van der Waals surface area contributed by atoms with Crippen molar-refractivity contribution >= 4 is 29.6 Å². The van der Waals surface area contributed by atoms with Crippen LogP contribution in [0.3, 0.4) is 0 Å². The molecule has 3 heterocycles. The van der Waals surface area contributed by atoms with Crippen LogP contribution in [0.2, 0.25) is 0 Å².